The third-order valence-electron chi connectivity index (χ3n) is 5.79. The summed E-state index contributed by atoms with van der Waals surface area (Å²) in [6.07, 6.45) is 3.94. The van der Waals surface area contributed by atoms with Crippen LogP contribution in [-0.2, 0) is 6.42 Å². The molecule has 1 atom stereocenters. The SMILES string of the molecule is O=C(c1cc(-c2ccccc2Cl)no1)N1CCC[C@H](c2ncc(Cc3ccc(F)cc3)o2)C1. The lowest BCUT2D eigenvalue weighted by Crippen LogP contribution is -2.39. The number of piperidine rings is 1. The molecule has 168 valence electrons. The lowest BCUT2D eigenvalue weighted by Gasteiger charge is -2.30. The fraction of sp³-hybridized carbons (Fsp3) is 0.240. The molecule has 5 rings (SSSR count). The van der Waals surface area contributed by atoms with Crippen LogP contribution in [-0.4, -0.2) is 34.0 Å². The second-order valence-electron chi connectivity index (χ2n) is 8.11. The van der Waals surface area contributed by atoms with Crippen LogP contribution < -0.4 is 0 Å². The number of aromatic nitrogens is 2. The molecule has 33 heavy (non-hydrogen) atoms. The van der Waals surface area contributed by atoms with Crippen molar-refractivity contribution in [1.29, 1.82) is 0 Å². The lowest BCUT2D eigenvalue weighted by atomic mass is 9.98. The normalized spacial score (nSPS) is 16.2. The van der Waals surface area contributed by atoms with Gasteiger partial charge in [0.05, 0.1) is 17.1 Å². The number of amides is 1. The van der Waals surface area contributed by atoms with Crippen molar-refractivity contribution in [3.05, 3.63) is 94.6 Å². The minimum atomic E-state index is -0.269. The Morgan fingerprint density at radius 1 is 1.18 bits per heavy atom. The largest absolute Gasteiger partial charge is 0.445 e. The summed E-state index contributed by atoms with van der Waals surface area (Å²) >= 11 is 6.23. The molecule has 1 aliphatic heterocycles. The Hall–Kier alpha value is -3.45. The van der Waals surface area contributed by atoms with Crippen molar-refractivity contribution in [2.24, 2.45) is 0 Å². The number of hydrogen-bond acceptors (Lipinski definition) is 5. The van der Waals surface area contributed by atoms with Crippen LogP contribution in [0.4, 0.5) is 4.39 Å². The number of hydrogen-bond donors (Lipinski definition) is 0. The van der Waals surface area contributed by atoms with Crippen LogP contribution in [0, 0.1) is 5.82 Å². The summed E-state index contributed by atoms with van der Waals surface area (Å²) < 4.78 is 24.4. The number of halogens is 2. The van der Waals surface area contributed by atoms with Crippen molar-refractivity contribution in [3.63, 3.8) is 0 Å². The van der Waals surface area contributed by atoms with E-state index in [2.05, 4.69) is 10.1 Å². The van der Waals surface area contributed by atoms with E-state index in [1.165, 1.54) is 12.1 Å². The molecule has 2 aromatic heterocycles. The number of oxazole rings is 1. The highest BCUT2D eigenvalue weighted by atomic mass is 35.5. The molecule has 3 heterocycles. The van der Waals surface area contributed by atoms with E-state index >= 15 is 0 Å². The molecule has 0 saturated carbocycles. The van der Waals surface area contributed by atoms with Gasteiger partial charge in [-0.15, -0.1) is 0 Å². The van der Waals surface area contributed by atoms with Crippen LogP contribution in [0.3, 0.4) is 0 Å². The first-order chi connectivity index (χ1) is 16.1. The van der Waals surface area contributed by atoms with E-state index < -0.39 is 0 Å². The average molecular weight is 466 g/mol. The number of nitrogens with zero attached hydrogens (tertiary/aromatic N) is 3. The Morgan fingerprint density at radius 2 is 2.00 bits per heavy atom. The van der Waals surface area contributed by atoms with Gasteiger partial charge in [-0.3, -0.25) is 4.79 Å². The zero-order valence-electron chi connectivity index (χ0n) is 17.7. The number of carbonyl (C=O) groups is 1. The second kappa shape index (κ2) is 9.19. The van der Waals surface area contributed by atoms with Gasteiger partial charge < -0.3 is 13.8 Å². The van der Waals surface area contributed by atoms with Crippen molar-refractivity contribution in [1.82, 2.24) is 15.0 Å². The van der Waals surface area contributed by atoms with E-state index in [0.29, 0.717) is 47.4 Å². The van der Waals surface area contributed by atoms with Crippen LogP contribution in [0.25, 0.3) is 11.3 Å². The third-order valence-corrected chi connectivity index (χ3v) is 6.12. The number of benzene rings is 2. The fourth-order valence-electron chi connectivity index (χ4n) is 4.09. The fourth-order valence-corrected chi connectivity index (χ4v) is 4.32. The molecule has 2 aromatic carbocycles. The van der Waals surface area contributed by atoms with Crippen molar-refractivity contribution >= 4 is 17.5 Å². The Bertz CT molecular complexity index is 1270. The third kappa shape index (κ3) is 4.68. The van der Waals surface area contributed by atoms with Crippen molar-refractivity contribution in [2.45, 2.75) is 25.2 Å². The molecule has 4 aromatic rings. The molecule has 0 bridgehead atoms. The zero-order valence-corrected chi connectivity index (χ0v) is 18.5. The van der Waals surface area contributed by atoms with E-state index in [9.17, 15) is 9.18 Å². The number of rotatable bonds is 5. The molecule has 1 aliphatic rings. The van der Waals surface area contributed by atoms with Crippen molar-refractivity contribution in [2.75, 3.05) is 13.1 Å². The van der Waals surface area contributed by atoms with Gasteiger partial charge in [0.2, 0.25) is 5.76 Å². The van der Waals surface area contributed by atoms with Gasteiger partial charge in [0.15, 0.2) is 5.89 Å². The Kier molecular flexibility index (Phi) is 5.96. The molecule has 0 radical (unpaired) electrons. The minimum absolute atomic E-state index is 0.00405. The van der Waals surface area contributed by atoms with E-state index in [4.69, 9.17) is 20.5 Å². The maximum atomic E-state index is 13.1. The van der Waals surface area contributed by atoms with Crippen molar-refractivity contribution < 1.29 is 18.1 Å². The molecule has 0 spiro atoms. The van der Waals surface area contributed by atoms with Gasteiger partial charge in [-0.2, -0.15) is 0 Å². The van der Waals surface area contributed by atoms with Gasteiger partial charge in [-0.25, -0.2) is 9.37 Å². The van der Waals surface area contributed by atoms with Gasteiger partial charge in [0.25, 0.3) is 5.91 Å². The molecule has 0 aliphatic carbocycles. The second-order valence-corrected chi connectivity index (χ2v) is 8.52. The van der Waals surface area contributed by atoms with Crippen LogP contribution >= 0.6 is 11.6 Å². The van der Waals surface area contributed by atoms with Gasteiger partial charge in [0, 0.05) is 31.1 Å². The Balaban J connectivity index is 1.26. The molecule has 1 amide bonds. The average Bonchev–Trinajstić information content (AvgIpc) is 3.51. The molecule has 6 nitrogen and oxygen atoms in total. The highest BCUT2D eigenvalue weighted by molar-refractivity contribution is 6.33. The molecule has 1 saturated heterocycles. The van der Waals surface area contributed by atoms with E-state index in [-0.39, 0.29) is 23.4 Å². The van der Waals surface area contributed by atoms with Gasteiger partial charge in [-0.05, 0) is 36.6 Å². The number of likely N-dealkylation sites (tertiary alicyclic amines) is 1. The van der Waals surface area contributed by atoms with E-state index in [1.807, 2.05) is 18.2 Å². The van der Waals surface area contributed by atoms with Gasteiger partial charge >= 0.3 is 0 Å². The molecule has 0 N–H and O–H groups in total. The molecule has 8 heteroatoms. The van der Waals surface area contributed by atoms with Gasteiger partial charge in [-0.1, -0.05) is 47.1 Å². The van der Waals surface area contributed by atoms with Crippen LogP contribution in [0.1, 0.15) is 46.5 Å². The van der Waals surface area contributed by atoms with E-state index in [1.54, 1.807) is 35.4 Å². The lowest BCUT2D eigenvalue weighted by molar-refractivity contribution is 0.0656. The van der Waals surface area contributed by atoms with Gasteiger partial charge in [0.1, 0.15) is 17.3 Å². The summed E-state index contributed by atoms with van der Waals surface area (Å²) in [6.45, 7) is 1.11. The summed E-state index contributed by atoms with van der Waals surface area (Å²) in [5.74, 6) is 1.00. The van der Waals surface area contributed by atoms with Crippen LogP contribution in [0.15, 0.2) is 69.7 Å². The highest BCUT2D eigenvalue weighted by Crippen LogP contribution is 2.30. The summed E-state index contributed by atoms with van der Waals surface area (Å²) in [6, 6.07) is 15.2. The first kappa shape index (κ1) is 21.4. The first-order valence-corrected chi connectivity index (χ1v) is 11.1. The first-order valence-electron chi connectivity index (χ1n) is 10.8. The van der Waals surface area contributed by atoms with Crippen LogP contribution in [0.2, 0.25) is 5.02 Å². The predicted molar refractivity (Wildman–Crippen MR) is 121 cm³/mol. The number of carbonyl (C=O) groups excluding carboxylic acids is 1. The summed E-state index contributed by atoms with van der Waals surface area (Å²) in [4.78, 5) is 19.2. The maximum Gasteiger partial charge on any atom is 0.292 e. The predicted octanol–water partition coefficient (Wildman–Crippen LogP) is 5.73. The zero-order chi connectivity index (χ0) is 22.8. The summed E-state index contributed by atoms with van der Waals surface area (Å²) in [5, 5.41) is 4.57. The molecule has 1 fully saturated rings. The van der Waals surface area contributed by atoms with Crippen LogP contribution in [0.5, 0.6) is 0 Å². The topological polar surface area (TPSA) is 72.4 Å². The smallest absolute Gasteiger partial charge is 0.292 e. The molecular weight excluding hydrogens is 445 g/mol. The van der Waals surface area contributed by atoms with E-state index in [0.717, 1.165) is 18.4 Å². The molecule has 0 unspecified atom stereocenters. The monoisotopic (exact) mass is 465 g/mol. The summed E-state index contributed by atoms with van der Waals surface area (Å²) in [5.41, 5.74) is 2.18. The standard InChI is InChI=1S/C25H21ClFN3O3/c26-21-6-2-1-5-20(21)22-13-23(33-29-22)25(31)30-11-3-4-17(15-30)24-28-14-19(32-24)12-16-7-9-18(27)10-8-16/h1-2,5-10,13-14,17H,3-4,11-12,15H2/t17-/m0/s1. The highest BCUT2D eigenvalue weighted by Gasteiger charge is 2.30. The molecular formula is C25H21ClFN3O3. The quantitative estimate of drug-likeness (QED) is 0.376. The minimum Gasteiger partial charge on any atom is -0.445 e. The van der Waals surface area contributed by atoms with Crippen molar-refractivity contribution in [3.8, 4) is 11.3 Å². The Labute approximate surface area is 195 Å². The Morgan fingerprint density at radius 3 is 2.82 bits per heavy atom. The maximum absolute atomic E-state index is 13.1. The summed E-state index contributed by atoms with van der Waals surface area (Å²) in [7, 11) is 0.